The van der Waals surface area contributed by atoms with E-state index in [9.17, 15) is 13.2 Å². The van der Waals surface area contributed by atoms with Gasteiger partial charge in [0.2, 0.25) is 0 Å². The standard InChI is InChI=1S/C18H23NO3S/c1-5-19-14(3)10-17(15(19)4)18(20)12-23(21,22)11-16-8-6-13(2)7-9-16/h6-10H,5,11-12H2,1-4H3. The number of aryl methyl sites for hydroxylation is 2. The predicted octanol–water partition coefficient (Wildman–Crippen LogP) is 3.23. The van der Waals surface area contributed by atoms with Crippen LogP contribution in [0.25, 0.3) is 0 Å². The van der Waals surface area contributed by atoms with Crippen LogP contribution in [0.3, 0.4) is 0 Å². The van der Waals surface area contributed by atoms with Gasteiger partial charge in [0.15, 0.2) is 15.6 Å². The summed E-state index contributed by atoms with van der Waals surface area (Å²) in [5.74, 6) is -0.884. The molecule has 2 aromatic rings. The Bertz CT molecular complexity index is 815. The lowest BCUT2D eigenvalue weighted by Gasteiger charge is -2.07. The lowest BCUT2D eigenvalue weighted by atomic mass is 10.2. The first-order valence-electron chi connectivity index (χ1n) is 7.69. The fourth-order valence-corrected chi connectivity index (χ4v) is 4.19. The molecule has 1 heterocycles. The largest absolute Gasteiger partial charge is 0.349 e. The minimum Gasteiger partial charge on any atom is -0.349 e. The zero-order valence-electron chi connectivity index (χ0n) is 14.1. The molecule has 124 valence electrons. The van der Waals surface area contributed by atoms with E-state index in [4.69, 9.17) is 0 Å². The monoisotopic (exact) mass is 333 g/mol. The quantitative estimate of drug-likeness (QED) is 0.763. The van der Waals surface area contributed by atoms with Crippen molar-refractivity contribution in [2.75, 3.05) is 5.75 Å². The third-order valence-electron chi connectivity index (χ3n) is 4.05. The minimum absolute atomic E-state index is 0.106. The minimum atomic E-state index is -3.48. The molecule has 0 N–H and O–H groups in total. The van der Waals surface area contributed by atoms with Gasteiger partial charge in [0.25, 0.3) is 0 Å². The van der Waals surface area contributed by atoms with Gasteiger partial charge < -0.3 is 4.57 Å². The Morgan fingerprint density at radius 3 is 2.22 bits per heavy atom. The van der Waals surface area contributed by atoms with Gasteiger partial charge in [-0.1, -0.05) is 29.8 Å². The molecule has 0 saturated heterocycles. The predicted molar refractivity (Wildman–Crippen MR) is 92.6 cm³/mol. The molecule has 4 nitrogen and oxygen atoms in total. The first kappa shape index (κ1) is 17.5. The molecule has 0 bridgehead atoms. The van der Waals surface area contributed by atoms with Crippen LogP contribution < -0.4 is 0 Å². The van der Waals surface area contributed by atoms with E-state index in [1.807, 2.05) is 44.4 Å². The zero-order chi connectivity index (χ0) is 17.2. The molecular weight excluding hydrogens is 310 g/mol. The van der Waals surface area contributed by atoms with Crippen molar-refractivity contribution in [3.63, 3.8) is 0 Å². The van der Waals surface area contributed by atoms with Crippen molar-refractivity contribution in [3.05, 3.63) is 58.4 Å². The van der Waals surface area contributed by atoms with Crippen LogP contribution in [0, 0.1) is 20.8 Å². The van der Waals surface area contributed by atoms with E-state index in [1.54, 1.807) is 18.2 Å². The second-order valence-corrected chi connectivity index (χ2v) is 8.03. The van der Waals surface area contributed by atoms with Crippen LogP contribution in [0.15, 0.2) is 30.3 Å². The lowest BCUT2D eigenvalue weighted by Crippen LogP contribution is -2.18. The number of hydrogen-bond donors (Lipinski definition) is 0. The maximum absolute atomic E-state index is 12.4. The van der Waals surface area contributed by atoms with Crippen molar-refractivity contribution in [1.29, 1.82) is 0 Å². The number of carbonyl (C=O) groups excluding carboxylic acids is 1. The van der Waals surface area contributed by atoms with Crippen LogP contribution in [-0.4, -0.2) is 24.5 Å². The third kappa shape index (κ3) is 4.10. The van der Waals surface area contributed by atoms with Crippen molar-refractivity contribution in [1.82, 2.24) is 4.57 Å². The Labute approximate surface area is 138 Å². The van der Waals surface area contributed by atoms with Gasteiger partial charge >= 0.3 is 0 Å². The highest BCUT2D eigenvalue weighted by Crippen LogP contribution is 2.17. The molecule has 5 heteroatoms. The highest BCUT2D eigenvalue weighted by atomic mass is 32.2. The Hall–Kier alpha value is -1.88. The van der Waals surface area contributed by atoms with Crippen molar-refractivity contribution in [2.45, 2.75) is 40.0 Å². The maximum Gasteiger partial charge on any atom is 0.179 e. The second-order valence-electron chi connectivity index (χ2n) is 5.97. The van der Waals surface area contributed by atoms with E-state index in [1.165, 1.54) is 0 Å². The highest BCUT2D eigenvalue weighted by Gasteiger charge is 2.22. The van der Waals surface area contributed by atoms with E-state index in [-0.39, 0.29) is 11.5 Å². The van der Waals surface area contributed by atoms with E-state index in [0.29, 0.717) is 11.1 Å². The molecule has 1 aromatic carbocycles. The number of nitrogens with zero attached hydrogens (tertiary/aromatic N) is 1. The number of sulfone groups is 1. The van der Waals surface area contributed by atoms with Crippen LogP contribution in [0.1, 0.15) is 39.8 Å². The van der Waals surface area contributed by atoms with Crippen LogP contribution in [0.2, 0.25) is 0 Å². The Kier molecular flexibility index (Phi) is 5.09. The summed E-state index contributed by atoms with van der Waals surface area (Å²) in [6.07, 6.45) is 0. The smallest absolute Gasteiger partial charge is 0.179 e. The van der Waals surface area contributed by atoms with Crippen molar-refractivity contribution in [2.24, 2.45) is 0 Å². The number of carbonyl (C=O) groups is 1. The fourth-order valence-electron chi connectivity index (χ4n) is 2.84. The second kappa shape index (κ2) is 6.71. The molecule has 23 heavy (non-hydrogen) atoms. The molecular formula is C18H23NO3S. The van der Waals surface area contributed by atoms with Gasteiger partial charge in [-0.05, 0) is 39.3 Å². The number of rotatable bonds is 6. The molecule has 1 aromatic heterocycles. The van der Waals surface area contributed by atoms with Crippen molar-refractivity contribution >= 4 is 15.6 Å². The molecule has 0 aliphatic carbocycles. The highest BCUT2D eigenvalue weighted by molar-refractivity contribution is 7.91. The fraction of sp³-hybridized carbons (Fsp3) is 0.389. The number of hydrogen-bond acceptors (Lipinski definition) is 3. The molecule has 0 radical (unpaired) electrons. The van der Waals surface area contributed by atoms with Crippen LogP contribution >= 0.6 is 0 Å². The van der Waals surface area contributed by atoms with E-state index in [0.717, 1.165) is 23.5 Å². The summed E-state index contributed by atoms with van der Waals surface area (Å²) in [5.41, 5.74) is 4.11. The van der Waals surface area contributed by atoms with Crippen molar-refractivity contribution < 1.29 is 13.2 Å². The zero-order valence-corrected chi connectivity index (χ0v) is 14.9. The Morgan fingerprint density at radius 1 is 1.09 bits per heavy atom. The number of benzene rings is 1. The normalized spacial score (nSPS) is 11.7. The SMILES string of the molecule is CCn1c(C)cc(C(=O)CS(=O)(=O)Cc2ccc(C)cc2)c1C. The summed E-state index contributed by atoms with van der Waals surface area (Å²) < 4.78 is 26.6. The maximum atomic E-state index is 12.4. The Morgan fingerprint density at radius 2 is 1.70 bits per heavy atom. The van der Waals surface area contributed by atoms with Gasteiger partial charge in [-0.15, -0.1) is 0 Å². The summed E-state index contributed by atoms with van der Waals surface area (Å²) in [5, 5.41) is 0. The topological polar surface area (TPSA) is 56.1 Å². The summed E-state index contributed by atoms with van der Waals surface area (Å²) >= 11 is 0. The molecule has 2 rings (SSSR count). The van der Waals surface area contributed by atoms with Gasteiger partial charge in [0, 0.05) is 23.5 Å². The molecule has 0 fully saturated rings. The molecule has 0 saturated carbocycles. The molecule has 0 aliphatic heterocycles. The molecule has 0 aliphatic rings. The van der Waals surface area contributed by atoms with E-state index < -0.39 is 15.6 Å². The first-order valence-corrected chi connectivity index (χ1v) is 9.51. The van der Waals surface area contributed by atoms with Gasteiger partial charge in [-0.3, -0.25) is 4.79 Å². The van der Waals surface area contributed by atoms with Gasteiger partial charge in [-0.2, -0.15) is 0 Å². The van der Waals surface area contributed by atoms with Gasteiger partial charge in [-0.25, -0.2) is 8.42 Å². The van der Waals surface area contributed by atoms with E-state index >= 15 is 0 Å². The molecule has 0 spiro atoms. The lowest BCUT2D eigenvalue weighted by molar-refractivity contribution is 0.102. The summed E-state index contributed by atoms with van der Waals surface area (Å²) in [7, 11) is -3.48. The molecule has 0 atom stereocenters. The number of ketones is 1. The molecule has 0 amide bonds. The van der Waals surface area contributed by atoms with Crippen LogP contribution in [0.5, 0.6) is 0 Å². The Balaban J connectivity index is 2.17. The third-order valence-corrected chi connectivity index (χ3v) is 5.52. The van der Waals surface area contributed by atoms with Gasteiger partial charge in [0.1, 0.15) is 5.75 Å². The summed E-state index contributed by atoms with van der Waals surface area (Å²) in [6, 6.07) is 9.12. The molecule has 0 unspecified atom stereocenters. The van der Waals surface area contributed by atoms with Gasteiger partial charge in [0.05, 0.1) is 5.75 Å². The van der Waals surface area contributed by atoms with Crippen LogP contribution in [0.4, 0.5) is 0 Å². The average Bonchev–Trinajstić information content (AvgIpc) is 2.75. The summed E-state index contributed by atoms with van der Waals surface area (Å²) in [4.78, 5) is 12.4. The summed E-state index contributed by atoms with van der Waals surface area (Å²) in [6.45, 7) is 8.50. The number of aromatic nitrogens is 1. The van der Waals surface area contributed by atoms with E-state index in [2.05, 4.69) is 0 Å². The average molecular weight is 333 g/mol. The van der Waals surface area contributed by atoms with Crippen LogP contribution in [-0.2, 0) is 22.1 Å². The number of Topliss-reactive ketones (excluding diaryl/α,β-unsaturated/α-hetero) is 1. The van der Waals surface area contributed by atoms with Crippen molar-refractivity contribution in [3.8, 4) is 0 Å². The first-order chi connectivity index (χ1) is 10.7.